The van der Waals surface area contributed by atoms with Gasteiger partial charge in [0.1, 0.15) is 12.3 Å². The zero-order valence-corrected chi connectivity index (χ0v) is 15.4. The van der Waals surface area contributed by atoms with Gasteiger partial charge < -0.3 is 15.1 Å². The maximum Gasteiger partial charge on any atom is 0.216 e. The fraction of sp³-hybridized carbons (Fsp3) is 0.529. The second-order valence-corrected chi connectivity index (χ2v) is 7.11. The van der Waals surface area contributed by atoms with Gasteiger partial charge in [0.15, 0.2) is 5.96 Å². The van der Waals surface area contributed by atoms with Crippen molar-refractivity contribution in [2.24, 2.45) is 4.99 Å². The van der Waals surface area contributed by atoms with Gasteiger partial charge in [-0.1, -0.05) is 19.9 Å². The number of rotatable bonds is 6. The van der Waals surface area contributed by atoms with E-state index in [0.717, 1.165) is 30.5 Å². The van der Waals surface area contributed by atoms with Crippen LogP contribution < -0.4 is 10.6 Å². The minimum atomic E-state index is 0.0560. The van der Waals surface area contributed by atoms with E-state index in [1.807, 2.05) is 13.8 Å². The largest absolute Gasteiger partial charge is 0.444 e. The minimum absolute atomic E-state index is 0.0560. The van der Waals surface area contributed by atoms with Crippen LogP contribution in [-0.4, -0.2) is 24.0 Å². The molecule has 5 nitrogen and oxygen atoms in total. The highest BCUT2D eigenvalue weighted by Crippen LogP contribution is 2.26. The predicted molar refractivity (Wildman–Crippen MR) is 96.1 cm³/mol. The second-order valence-electron chi connectivity index (χ2n) is 6.16. The molecule has 0 aliphatic carbocycles. The van der Waals surface area contributed by atoms with Crippen molar-refractivity contribution in [1.29, 1.82) is 0 Å². The molecule has 2 aromatic rings. The number of guanidine groups is 1. The van der Waals surface area contributed by atoms with Crippen molar-refractivity contribution in [3.63, 3.8) is 0 Å². The maximum atomic E-state index is 5.58. The third-order valence-electron chi connectivity index (χ3n) is 3.68. The Kier molecular flexibility index (Phi) is 5.82. The molecular formula is C17H26N4OS. The van der Waals surface area contributed by atoms with Crippen LogP contribution in [0, 0.1) is 13.8 Å². The van der Waals surface area contributed by atoms with E-state index < -0.39 is 0 Å². The lowest BCUT2D eigenvalue weighted by molar-refractivity contribution is 0.472. The summed E-state index contributed by atoms with van der Waals surface area (Å²) in [7, 11) is 0. The fourth-order valence-corrected chi connectivity index (χ4v) is 3.00. The number of nitrogens with zero attached hydrogens (tertiary/aromatic N) is 2. The first-order valence-corrected chi connectivity index (χ1v) is 8.79. The number of aromatic nitrogens is 1. The van der Waals surface area contributed by atoms with E-state index in [-0.39, 0.29) is 5.41 Å². The summed E-state index contributed by atoms with van der Waals surface area (Å²) in [5, 5.41) is 8.80. The minimum Gasteiger partial charge on any atom is -0.444 e. The molecule has 0 unspecified atom stereocenters. The first-order chi connectivity index (χ1) is 10.9. The van der Waals surface area contributed by atoms with E-state index in [1.165, 1.54) is 4.88 Å². The van der Waals surface area contributed by atoms with Crippen LogP contribution in [0.3, 0.4) is 0 Å². The number of aryl methyl sites for hydroxylation is 2. The Morgan fingerprint density at radius 2 is 2.13 bits per heavy atom. The fourth-order valence-electron chi connectivity index (χ4n) is 2.15. The molecule has 0 aromatic carbocycles. The van der Waals surface area contributed by atoms with Crippen LogP contribution in [0.25, 0.3) is 0 Å². The molecule has 0 spiro atoms. The van der Waals surface area contributed by atoms with E-state index in [0.29, 0.717) is 12.4 Å². The molecule has 0 radical (unpaired) electrons. The molecule has 0 saturated carbocycles. The van der Waals surface area contributed by atoms with Crippen molar-refractivity contribution >= 4 is 17.3 Å². The van der Waals surface area contributed by atoms with E-state index in [1.54, 1.807) is 11.3 Å². The van der Waals surface area contributed by atoms with Crippen molar-refractivity contribution in [2.75, 3.05) is 13.1 Å². The van der Waals surface area contributed by atoms with E-state index in [2.05, 4.69) is 58.9 Å². The van der Waals surface area contributed by atoms with Gasteiger partial charge in [0.05, 0.1) is 5.69 Å². The summed E-state index contributed by atoms with van der Waals surface area (Å²) in [6.07, 6.45) is 0. The molecule has 0 fully saturated rings. The molecule has 23 heavy (non-hydrogen) atoms. The summed E-state index contributed by atoms with van der Waals surface area (Å²) in [5.74, 6) is 2.28. The monoisotopic (exact) mass is 334 g/mol. The molecule has 0 bridgehead atoms. The molecule has 0 aliphatic rings. The van der Waals surface area contributed by atoms with Gasteiger partial charge in [0.25, 0.3) is 0 Å². The lowest BCUT2D eigenvalue weighted by atomic mass is 9.91. The van der Waals surface area contributed by atoms with Gasteiger partial charge in [-0.25, -0.2) is 9.98 Å². The SMILES string of the molecule is CCNC(=NCc1nc(C)c(C)o1)NCC(C)(C)c1cccs1. The van der Waals surface area contributed by atoms with Crippen molar-refractivity contribution in [3.05, 3.63) is 39.7 Å². The quantitative estimate of drug-likeness (QED) is 0.628. The first kappa shape index (κ1) is 17.5. The zero-order valence-electron chi connectivity index (χ0n) is 14.6. The van der Waals surface area contributed by atoms with Gasteiger partial charge in [-0.05, 0) is 32.2 Å². The third-order valence-corrected chi connectivity index (χ3v) is 4.91. The molecule has 2 N–H and O–H groups in total. The molecule has 6 heteroatoms. The van der Waals surface area contributed by atoms with E-state index in [4.69, 9.17) is 4.42 Å². The van der Waals surface area contributed by atoms with E-state index in [9.17, 15) is 0 Å². The summed E-state index contributed by atoms with van der Waals surface area (Å²) in [4.78, 5) is 10.3. The Balaban J connectivity index is 1.99. The summed E-state index contributed by atoms with van der Waals surface area (Å²) < 4.78 is 5.58. The molecule has 0 aliphatic heterocycles. The van der Waals surface area contributed by atoms with Gasteiger partial charge in [-0.3, -0.25) is 0 Å². The average molecular weight is 334 g/mol. The van der Waals surface area contributed by atoms with Crippen LogP contribution in [0.1, 0.15) is 43.0 Å². The molecular weight excluding hydrogens is 308 g/mol. The van der Waals surface area contributed by atoms with Crippen LogP contribution in [0.2, 0.25) is 0 Å². The standard InChI is InChI=1S/C17H26N4OS/c1-6-18-16(19-10-15-21-12(2)13(3)22-15)20-11-17(4,5)14-8-7-9-23-14/h7-9H,6,10-11H2,1-5H3,(H2,18,19,20). The van der Waals surface area contributed by atoms with Gasteiger partial charge in [-0.15, -0.1) is 11.3 Å². The number of thiophene rings is 1. The van der Waals surface area contributed by atoms with Crippen LogP contribution in [-0.2, 0) is 12.0 Å². The average Bonchev–Trinajstić information content (AvgIpc) is 3.13. The van der Waals surface area contributed by atoms with E-state index >= 15 is 0 Å². The predicted octanol–water partition coefficient (Wildman–Crippen LogP) is 3.39. The normalized spacial score (nSPS) is 12.5. The van der Waals surface area contributed by atoms with Crippen molar-refractivity contribution in [1.82, 2.24) is 15.6 Å². The molecule has 0 atom stereocenters. The number of aliphatic imine (C=N–C) groups is 1. The number of oxazole rings is 1. The Morgan fingerprint density at radius 3 is 2.70 bits per heavy atom. The first-order valence-electron chi connectivity index (χ1n) is 7.91. The highest BCUT2D eigenvalue weighted by Gasteiger charge is 2.21. The Hall–Kier alpha value is -1.82. The van der Waals surface area contributed by atoms with Crippen LogP contribution >= 0.6 is 11.3 Å². The lowest BCUT2D eigenvalue weighted by Crippen LogP contribution is -2.43. The number of nitrogens with one attached hydrogen (secondary N) is 2. The molecule has 2 heterocycles. The zero-order chi connectivity index (χ0) is 16.9. The van der Waals surface area contributed by atoms with Crippen LogP contribution in [0.5, 0.6) is 0 Å². The molecule has 126 valence electrons. The molecule has 0 saturated heterocycles. The molecule has 0 amide bonds. The van der Waals surface area contributed by atoms with Crippen LogP contribution in [0.4, 0.5) is 0 Å². The van der Waals surface area contributed by atoms with Crippen molar-refractivity contribution in [3.8, 4) is 0 Å². The highest BCUT2D eigenvalue weighted by molar-refractivity contribution is 7.10. The van der Waals surface area contributed by atoms with Crippen molar-refractivity contribution < 1.29 is 4.42 Å². The second kappa shape index (κ2) is 7.64. The Morgan fingerprint density at radius 1 is 1.35 bits per heavy atom. The number of hydrogen-bond donors (Lipinski definition) is 2. The summed E-state index contributed by atoms with van der Waals surface area (Å²) in [6, 6.07) is 4.27. The third kappa shape index (κ3) is 4.82. The summed E-state index contributed by atoms with van der Waals surface area (Å²) >= 11 is 1.78. The number of hydrogen-bond acceptors (Lipinski definition) is 4. The van der Waals surface area contributed by atoms with Crippen molar-refractivity contribution in [2.45, 2.75) is 46.6 Å². The maximum absolute atomic E-state index is 5.58. The van der Waals surface area contributed by atoms with Gasteiger partial charge in [0, 0.05) is 23.4 Å². The topological polar surface area (TPSA) is 62.5 Å². The summed E-state index contributed by atoms with van der Waals surface area (Å²) in [6.45, 7) is 12.4. The lowest BCUT2D eigenvalue weighted by Gasteiger charge is -2.25. The highest BCUT2D eigenvalue weighted by atomic mass is 32.1. The smallest absolute Gasteiger partial charge is 0.216 e. The molecule has 2 aromatic heterocycles. The Labute approximate surface area is 142 Å². The summed E-state index contributed by atoms with van der Waals surface area (Å²) in [5.41, 5.74) is 0.979. The van der Waals surface area contributed by atoms with Crippen LogP contribution in [0.15, 0.2) is 26.9 Å². The van der Waals surface area contributed by atoms with Gasteiger partial charge in [-0.2, -0.15) is 0 Å². The Bertz CT molecular complexity index is 624. The van der Waals surface area contributed by atoms with Gasteiger partial charge in [0.2, 0.25) is 5.89 Å². The molecule has 2 rings (SSSR count). The van der Waals surface area contributed by atoms with Gasteiger partial charge >= 0.3 is 0 Å².